The van der Waals surface area contributed by atoms with Gasteiger partial charge in [0, 0.05) is 23.8 Å². The third kappa shape index (κ3) is 4.66. The Morgan fingerprint density at radius 2 is 1.84 bits per heavy atom. The molecular weight excluding hydrogens is 420 g/mol. The maximum atomic E-state index is 5.70. The molecular formula is C24H22N6OS. The second kappa shape index (κ2) is 9.67. The van der Waals surface area contributed by atoms with Gasteiger partial charge in [-0.2, -0.15) is 0 Å². The summed E-state index contributed by atoms with van der Waals surface area (Å²) in [7, 11) is 0. The zero-order chi connectivity index (χ0) is 21.6. The van der Waals surface area contributed by atoms with Gasteiger partial charge in [0.2, 0.25) is 0 Å². The van der Waals surface area contributed by atoms with Gasteiger partial charge in [-0.25, -0.2) is 4.68 Å². The standard InChI is InChI=1S/C24H22N6OS/c1-2-7-19(8-3-1)17-30-24(26-27-28-30)23(22-11-6-14-32-22)29(18-21-10-5-13-31-21)16-20-9-4-12-25-15-20/h1-15,23H,16-18H2. The Kier molecular flexibility index (Phi) is 6.13. The number of thiophene rings is 1. The van der Waals surface area contributed by atoms with Gasteiger partial charge in [-0.3, -0.25) is 9.88 Å². The van der Waals surface area contributed by atoms with Crippen LogP contribution in [0.4, 0.5) is 0 Å². The summed E-state index contributed by atoms with van der Waals surface area (Å²) in [5.74, 6) is 1.68. The Morgan fingerprint density at radius 3 is 2.59 bits per heavy atom. The van der Waals surface area contributed by atoms with Crippen LogP contribution in [0.2, 0.25) is 0 Å². The first-order valence-electron chi connectivity index (χ1n) is 10.4. The van der Waals surface area contributed by atoms with Crippen LogP contribution in [0.5, 0.6) is 0 Å². The van der Waals surface area contributed by atoms with E-state index >= 15 is 0 Å². The van der Waals surface area contributed by atoms with E-state index in [0.717, 1.165) is 22.7 Å². The minimum absolute atomic E-state index is 0.140. The number of rotatable bonds is 9. The van der Waals surface area contributed by atoms with Crippen molar-refractivity contribution in [3.05, 3.63) is 118 Å². The minimum atomic E-state index is -0.140. The highest BCUT2D eigenvalue weighted by Gasteiger charge is 2.30. The molecule has 0 saturated carbocycles. The summed E-state index contributed by atoms with van der Waals surface area (Å²) in [6.07, 6.45) is 5.39. The molecule has 1 atom stereocenters. The Labute approximate surface area is 190 Å². The van der Waals surface area contributed by atoms with Crippen molar-refractivity contribution < 1.29 is 4.42 Å². The first-order valence-corrected chi connectivity index (χ1v) is 11.2. The maximum absolute atomic E-state index is 5.70. The van der Waals surface area contributed by atoms with Crippen LogP contribution in [0.25, 0.3) is 0 Å². The van der Waals surface area contributed by atoms with E-state index in [2.05, 4.69) is 61.1 Å². The van der Waals surface area contributed by atoms with Gasteiger partial charge < -0.3 is 4.42 Å². The summed E-state index contributed by atoms with van der Waals surface area (Å²) in [5, 5.41) is 14.9. The monoisotopic (exact) mass is 442 g/mol. The van der Waals surface area contributed by atoms with E-state index in [0.29, 0.717) is 19.6 Å². The van der Waals surface area contributed by atoms with Crippen LogP contribution >= 0.6 is 11.3 Å². The molecule has 0 saturated heterocycles. The molecule has 0 aliphatic rings. The van der Waals surface area contributed by atoms with Crippen LogP contribution < -0.4 is 0 Å². The van der Waals surface area contributed by atoms with E-state index in [-0.39, 0.29) is 6.04 Å². The largest absolute Gasteiger partial charge is 0.468 e. The topological polar surface area (TPSA) is 72.9 Å². The van der Waals surface area contributed by atoms with Crippen molar-refractivity contribution in [2.24, 2.45) is 0 Å². The predicted molar refractivity (Wildman–Crippen MR) is 122 cm³/mol. The molecule has 0 aliphatic carbocycles. The van der Waals surface area contributed by atoms with Gasteiger partial charge in [-0.15, -0.1) is 16.4 Å². The first kappa shape index (κ1) is 20.3. The number of pyridine rings is 1. The van der Waals surface area contributed by atoms with Crippen molar-refractivity contribution in [2.45, 2.75) is 25.7 Å². The fourth-order valence-electron chi connectivity index (χ4n) is 3.76. The lowest BCUT2D eigenvalue weighted by atomic mass is 10.1. The number of hydrogen-bond acceptors (Lipinski definition) is 7. The predicted octanol–water partition coefficient (Wildman–Crippen LogP) is 4.56. The van der Waals surface area contributed by atoms with Gasteiger partial charge >= 0.3 is 0 Å². The molecule has 0 spiro atoms. The van der Waals surface area contributed by atoms with Crippen LogP contribution in [0.15, 0.2) is 95.2 Å². The van der Waals surface area contributed by atoms with Crippen LogP contribution in [0.3, 0.4) is 0 Å². The molecule has 0 radical (unpaired) electrons. The molecule has 0 fully saturated rings. The molecule has 1 unspecified atom stereocenters. The molecule has 0 N–H and O–H groups in total. The Hall–Kier alpha value is -3.62. The van der Waals surface area contributed by atoms with Crippen molar-refractivity contribution >= 4 is 11.3 Å². The molecule has 4 aromatic heterocycles. The second-order valence-corrected chi connectivity index (χ2v) is 8.42. The van der Waals surface area contributed by atoms with E-state index in [4.69, 9.17) is 4.42 Å². The summed E-state index contributed by atoms with van der Waals surface area (Å²) >= 11 is 1.70. The van der Waals surface area contributed by atoms with Crippen molar-refractivity contribution in [1.82, 2.24) is 30.1 Å². The molecule has 5 aromatic rings. The molecule has 4 heterocycles. The molecule has 0 aliphatic heterocycles. The quantitative estimate of drug-likeness (QED) is 0.333. The van der Waals surface area contributed by atoms with Crippen molar-refractivity contribution in [1.29, 1.82) is 0 Å². The molecule has 0 amide bonds. The number of aromatic nitrogens is 5. The normalized spacial score (nSPS) is 12.3. The van der Waals surface area contributed by atoms with E-state index in [1.807, 2.05) is 47.3 Å². The number of furan rings is 1. The van der Waals surface area contributed by atoms with Crippen LogP contribution in [-0.4, -0.2) is 30.1 Å². The van der Waals surface area contributed by atoms with Crippen LogP contribution in [-0.2, 0) is 19.6 Å². The average molecular weight is 443 g/mol. The third-order valence-corrected chi connectivity index (χ3v) is 6.13. The van der Waals surface area contributed by atoms with Gasteiger partial charge in [0.15, 0.2) is 5.82 Å². The fraction of sp³-hybridized carbons (Fsp3) is 0.167. The zero-order valence-corrected chi connectivity index (χ0v) is 18.2. The lowest BCUT2D eigenvalue weighted by molar-refractivity contribution is 0.182. The third-order valence-electron chi connectivity index (χ3n) is 5.20. The lowest BCUT2D eigenvalue weighted by Gasteiger charge is -2.29. The van der Waals surface area contributed by atoms with Crippen molar-refractivity contribution in [3.8, 4) is 0 Å². The smallest absolute Gasteiger partial charge is 0.174 e. The highest BCUT2D eigenvalue weighted by Crippen LogP contribution is 2.33. The second-order valence-electron chi connectivity index (χ2n) is 7.44. The van der Waals surface area contributed by atoms with Gasteiger partial charge in [0.25, 0.3) is 0 Å². The van der Waals surface area contributed by atoms with Crippen molar-refractivity contribution in [3.63, 3.8) is 0 Å². The summed E-state index contributed by atoms with van der Waals surface area (Å²) in [6, 6.07) is 22.2. The first-order chi connectivity index (χ1) is 15.9. The number of nitrogens with zero attached hydrogens (tertiary/aromatic N) is 6. The average Bonchev–Trinajstić information content (AvgIpc) is 3.60. The van der Waals surface area contributed by atoms with Crippen LogP contribution in [0.1, 0.15) is 33.6 Å². The summed E-state index contributed by atoms with van der Waals surface area (Å²) in [6.45, 7) is 1.89. The Balaban J connectivity index is 1.54. The number of tetrazole rings is 1. The minimum Gasteiger partial charge on any atom is -0.468 e. The molecule has 5 rings (SSSR count). The van der Waals surface area contributed by atoms with E-state index in [1.165, 1.54) is 4.88 Å². The van der Waals surface area contributed by atoms with Crippen molar-refractivity contribution in [2.75, 3.05) is 0 Å². The Bertz CT molecular complexity index is 1210. The summed E-state index contributed by atoms with van der Waals surface area (Å²) in [4.78, 5) is 7.80. The molecule has 160 valence electrons. The molecule has 8 heteroatoms. The van der Waals surface area contributed by atoms with Gasteiger partial charge in [-0.1, -0.05) is 42.5 Å². The van der Waals surface area contributed by atoms with Gasteiger partial charge in [0.05, 0.1) is 19.4 Å². The highest BCUT2D eigenvalue weighted by molar-refractivity contribution is 7.10. The van der Waals surface area contributed by atoms with Crippen LogP contribution in [0, 0.1) is 0 Å². The maximum Gasteiger partial charge on any atom is 0.174 e. The molecule has 32 heavy (non-hydrogen) atoms. The lowest BCUT2D eigenvalue weighted by Crippen LogP contribution is -2.31. The van der Waals surface area contributed by atoms with Gasteiger partial charge in [0.1, 0.15) is 11.8 Å². The summed E-state index contributed by atoms with van der Waals surface area (Å²) in [5.41, 5.74) is 2.26. The fourth-order valence-corrected chi connectivity index (χ4v) is 4.62. The van der Waals surface area contributed by atoms with E-state index < -0.39 is 0 Å². The summed E-state index contributed by atoms with van der Waals surface area (Å²) < 4.78 is 7.59. The Morgan fingerprint density at radius 1 is 0.938 bits per heavy atom. The zero-order valence-electron chi connectivity index (χ0n) is 17.4. The highest BCUT2D eigenvalue weighted by atomic mass is 32.1. The van der Waals surface area contributed by atoms with E-state index in [9.17, 15) is 0 Å². The molecule has 1 aromatic carbocycles. The van der Waals surface area contributed by atoms with Gasteiger partial charge in [-0.05, 0) is 51.2 Å². The van der Waals surface area contributed by atoms with E-state index in [1.54, 1.807) is 23.8 Å². The number of hydrogen-bond donors (Lipinski definition) is 0. The SMILES string of the molecule is c1ccc(Cn2nnnc2C(c2cccs2)N(Cc2cccnc2)Cc2ccco2)cc1. The molecule has 7 nitrogen and oxygen atoms in total. The number of benzene rings is 1. The molecule has 0 bridgehead atoms.